The number of hydrogen-bond donors (Lipinski definition) is 1. The van der Waals surface area contributed by atoms with Crippen LogP contribution in [0.5, 0.6) is 0 Å². The van der Waals surface area contributed by atoms with Gasteiger partial charge in [-0.15, -0.1) is 0 Å². The number of nitrogens with zero attached hydrogens (tertiary/aromatic N) is 2. The molecular weight excluding hydrogens is 682 g/mol. The first-order chi connectivity index (χ1) is 24.5. The molecule has 1 N–H and O–H groups in total. The first-order valence-electron chi connectivity index (χ1n) is 18.8. The number of halogens is 1. The summed E-state index contributed by atoms with van der Waals surface area (Å²) in [7, 11) is 0. The Balaban J connectivity index is 1.07. The molecule has 4 aromatic carbocycles. The normalized spacial score (nSPS) is 15.6. The van der Waals surface area contributed by atoms with E-state index in [1.807, 2.05) is 53.4 Å². The Morgan fingerprint density at radius 3 is 2.14 bits per heavy atom. The third-order valence-electron chi connectivity index (χ3n) is 10.7. The van der Waals surface area contributed by atoms with Crippen molar-refractivity contribution in [3.8, 4) is 11.1 Å². The predicted octanol–water partition coefficient (Wildman–Crippen LogP) is 9.34. The first-order valence-corrected chi connectivity index (χ1v) is 19.6. The molecule has 0 unspecified atom stereocenters. The molecule has 0 saturated carbocycles. The molecule has 0 radical (unpaired) electrons. The second kappa shape index (κ2) is 18.5. The number of benzene rings is 4. The molecule has 2 fully saturated rings. The molecular formula is C44H52BrN3O2. The Labute approximate surface area is 307 Å². The highest BCUT2D eigenvalue weighted by Gasteiger charge is 2.24. The van der Waals surface area contributed by atoms with E-state index in [2.05, 4.69) is 80.7 Å². The number of carbonyl (C=O) groups is 2. The molecule has 0 spiro atoms. The van der Waals surface area contributed by atoms with Crippen LogP contribution in [0.15, 0.2) is 108 Å². The van der Waals surface area contributed by atoms with Crippen molar-refractivity contribution in [1.29, 1.82) is 0 Å². The van der Waals surface area contributed by atoms with E-state index in [-0.39, 0.29) is 11.8 Å². The molecule has 0 aromatic heterocycles. The zero-order valence-corrected chi connectivity index (χ0v) is 31.0. The molecule has 2 aliphatic rings. The summed E-state index contributed by atoms with van der Waals surface area (Å²) in [5.41, 5.74) is 6.21. The van der Waals surface area contributed by atoms with E-state index in [1.54, 1.807) is 0 Å². The van der Waals surface area contributed by atoms with E-state index in [0.29, 0.717) is 19.5 Å². The number of aryl methyl sites for hydroxylation is 1. The van der Waals surface area contributed by atoms with Crippen molar-refractivity contribution >= 4 is 27.7 Å². The van der Waals surface area contributed by atoms with Gasteiger partial charge in [0.05, 0.1) is 6.42 Å². The van der Waals surface area contributed by atoms with Gasteiger partial charge in [-0.3, -0.25) is 9.59 Å². The maximum atomic E-state index is 13.7. The lowest BCUT2D eigenvalue weighted by Crippen LogP contribution is -2.38. The number of piperidine rings is 2. The summed E-state index contributed by atoms with van der Waals surface area (Å²) >= 11 is 3.63. The molecule has 2 saturated heterocycles. The van der Waals surface area contributed by atoms with Crippen molar-refractivity contribution in [2.24, 2.45) is 11.8 Å². The number of rotatable bonds is 14. The Morgan fingerprint density at radius 2 is 1.38 bits per heavy atom. The second-order valence-corrected chi connectivity index (χ2v) is 15.2. The molecule has 262 valence electrons. The fraction of sp³-hybridized carbons (Fsp3) is 0.409. The minimum absolute atomic E-state index is 0.119. The minimum atomic E-state index is 0.119. The standard InChI is InChI=1S/C44H52BrN3O2/c45-42-20-5-4-16-40(42)32-43(49)48(27-9-15-34-10-2-1-3-11-34)33-37-14-7-17-38(30-37)39-18-8-19-41(31-39)44(50)47-28-23-36(24-29-47)13-6-12-35-21-25-46-26-22-35/h1-5,7-8,10-11,14,16-20,30-31,35-36,46H,6,9,12-13,15,21-29,32-33H2. The van der Waals surface area contributed by atoms with Gasteiger partial charge in [0.15, 0.2) is 0 Å². The maximum absolute atomic E-state index is 13.7. The van der Waals surface area contributed by atoms with Crippen LogP contribution in [0.1, 0.15) is 78.4 Å². The Kier molecular flexibility index (Phi) is 13.3. The van der Waals surface area contributed by atoms with Crippen molar-refractivity contribution in [1.82, 2.24) is 15.1 Å². The SMILES string of the molecule is O=C(Cc1ccccc1Br)N(CCCc1ccccc1)Cc1cccc(-c2cccc(C(=O)N3CCC(CCCC4CCNCC4)CC3)c2)c1. The number of carbonyl (C=O) groups excluding carboxylic acids is 2. The van der Waals surface area contributed by atoms with Gasteiger partial charge in [-0.1, -0.05) is 114 Å². The molecule has 6 heteroatoms. The minimum Gasteiger partial charge on any atom is -0.339 e. The van der Waals surface area contributed by atoms with Gasteiger partial charge in [0.25, 0.3) is 5.91 Å². The molecule has 2 aliphatic heterocycles. The van der Waals surface area contributed by atoms with Crippen LogP contribution in [-0.2, 0) is 24.2 Å². The summed E-state index contributed by atoms with van der Waals surface area (Å²) in [5.74, 6) is 1.90. The van der Waals surface area contributed by atoms with Gasteiger partial charge in [0.2, 0.25) is 5.91 Å². The summed E-state index contributed by atoms with van der Waals surface area (Å²) in [5, 5.41) is 3.48. The maximum Gasteiger partial charge on any atom is 0.253 e. The van der Waals surface area contributed by atoms with Gasteiger partial charge in [-0.05, 0) is 116 Å². The fourth-order valence-corrected chi connectivity index (χ4v) is 8.13. The largest absolute Gasteiger partial charge is 0.339 e. The van der Waals surface area contributed by atoms with Crippen molar-refractivity contribution in [3.63, 3.8) is 0 Å². The number of hydrogen-bond acceptors (Lipinski definition) is 3. The van der Waals surface area contributed by atoms with E-state index in [4.69, 9.17) is 0 Å². The zero-order valence-electron chi connectivity index (χ0n) is 29.4. The monoisotopic (exact) mass is 733 g/mol. The lowest BCUT2D eigenvalue weighted by atomic mass is 9.87. The lowest BCUT2D eigenvalue weighted by Gasteiger charge is -2.32. The van der Waals surface area contributed by atoms with Crippen LogP contribution in [0, 0.1) is 11.8 Å². The van der Waals surface area contributed by atoms with Crippen LogP contribution in [0.4, 0.5) is 0 Å². The van der Waals surface area contributed by atoms with Crippen LogP contribution >= 0.6 is 15.9 Å². The van der Waals surface area contributed by atoms with Gasteiger partial charge >= 0.3 is 0 Å². The van der Waals surface area contributed by atoms with Crippen molar-refractivity contribution in [2.45, 2.75) is 70.8 Å². The van der Waals surface area contributed by atoms with Crippen LogP contribution in [0.3, 0.4) is 0 Å². The third-order valence-corrected chi connectivity index (χ3v) is 11.5. The average molecular weight is 735 g/mol. The average Bonchev–Trinajstić information content (AvgIpc) is 3.16. The van der Waals surface area contributed by atoms with Gasteiger partial charge in [-0.25, -0.2) is 0 Å². The first kappa shape index (κ1) is 36.1. The Morgan fingerprint density at radius 1 is 0.720 bits per heavy atom. The number of nitrogens with one attached hydrogen (secondary N) is 1. The highest BCUT2D eigenvalue weighted by molar-refractivity contribution is 9.10. The van der Waals surface area contributed by atoms with Crippen LogP contribution < -0.4 is 5.32 Å². The smallest absolute Gasteiger partial charge is 0.253 e. The van der Waals surface area contributed by atoms with Gasteiger partial charge < -0.3 is 15.1 Å². The highest BCUT2D eigenvalue weighted by Crippen LogP contribution is 2.28. The summed E-state index contributed by atoms with van der Waals surface area (Å²) in [6.45, 7) is 5.29. The van der Waals surface area contributed by atoms with E-state index >= 15 is 0 Å². The molecule has 5 nitrogen and oxygen atoms in total. The van der Waals surface area contributed by atoms with Crippen LogP contribution in [0.25, 0.3) is 11.1 Å². The summed E-state index contributed by atoms with van der Waals surface area (Å²) < 4.78 is 0.960. The number of amides is 2. The number of likely N-dealkylation sites (tertiary alicyclic amines) is 1. The lowest BCUT2D eigenvalue weighted by molar-refractivity contribution is -0.131. The molecule has 2 heterocycles. The Hall–Kier alpha value is -3.74. The van der Waals surface area contributed by atoms with E-state index in [1.165, 1.54) is 50.8 Å². The Bertz CT molecular complexity index is 1680. The van der Waals surface area contributed by atoms with Gasteiger partial charge in [0.1, 0.15) is 0 Å². The fourth-order valence-electron chi connectivity index (χ4n) is 7.70. The van der Waals surface area contributed by atoms with Crippen molar-refractivity contribution < 1.29 is 9.59 Å². The molecule has 0 atom stereocenters. The van der Waals surface area contributed by atoms with Crippen LogP contribution in [0.2, 0.25) is 0 Å². The van der Waals surface area contributed by atoms with Crippen molar-refractivity contribution in [2.75, 3.05) is 32.7 Å². The zero-order chi connectivity index (χ0) is 34.5. The van der Waals surface area contributed by atoms with Gasteiger partial charge in [-0.2, -0.15) is 0 Å². The molecule has 4 aromatic rings. The molecule has 0 aliphatic carbocycles. The molecule has 0 bridgehead atoms. The summed E-state index contributed by atoms with van der Waals surface area (Å²) in [6.07, 6.45) is 11.1. The molecule has 2 amide bonds. The highest BCUT2D eigenvalue weighted by atomic mass is 79.9. The van der Waals surface area contributed by atoms with E-state index < -0.39 is 0 Å². The topological polar surface area (TPSA) is 52.7 Å². The van der Waals surface area contributed by atoms with Crippen molar-refractivity contribution in [3.05, 3.63) is 130 Å². The summed E-state index contributed by atoms with van der Waals surface area (Å²) in [4.78, 5) is 31.4. The van der Waals surface area contributed by atoms with Gasteiger partial charge in [0, 0.05) is 36.2 Å². The van der Waals surface area contributed by atoms with E-state index in [9.17, 15) is 9.59 Å². The second-order valence-electron chi connectivity index (χ2n) is 14.3. The molecule has 50 heavy (non-hydrogen) atoms. The third kappa shape index (κ3) is 10.4. The predicted molar refractivity (Wildman–Crippen MR) is 208 cm³/mol. The van der Waals surface area contributed by atoms with Crippen LogP contribution in [-0.4, -0.2) is 54.3 Å². The molecule has 6 rings (SSSR count). The van der Waals surface area contributed by atoms with E-state index in [0.717, 1.165) is 82.9 Å². The quantitative estimate of drug-likeness (QED) is 0.141. The summed E-state index contributed by atoms with van der Waals surface area (Å²) in [6, 6.07) is 35.0.